The Balaban J connectivity index is 1.16. The van der Waals surface area contributed by atoms with Crippen molar-refractivity contribution in [1.82, 2.24) is 0 Å². The SMILES string of the molecule is C=CC(=O)OCCCCCCOc1ccc(C2CCC(C(=O)Oc3ccc(C4CCC(CCC)CC4)cc3C=N)CC2)cc1. The Labute approximate surface area is 264 Å². The van der Waals surface area contributed by atoms with Crippen molar-refractivity contribution in [1.29, 1.82) is 5.41 Å². The highest BCUT2D eigenvalue weighted by Gasteiger charge is 2.29. The molecule has 0 spiro atoms. The fourth-order valence-corrected chi connectivity index (χ4v) is 6.89. The van der Waals surface area contributed by atoms with Gasteiger partial charge in [0.1, 0.15) is 11.5 Å². The molecule has 0 aliphatic heterocycles. The summed E-state index contributed by atoms with van der Waals surface area (Å²) in [7, 11) is 0. The van der Waals surface area contributed by atoms with E-state index in [2.05, 4.69) is 37.8 Å². The quantitative estimate of drug-likeness (QED) is 0.0681. The zero-order valence-electron chi connectivity index (χ0n) is 26.6. The summed E-state index contributed by atoms with van der Waals surface area (Å²) >= 11 is 0. The maximum atomic E-state index is 13.1. The molecule has 2 saturated carbocycles. The molecule has 0 saturated heterocycles. The summed E-state index contributed by atoms with van der Waals surface area (Å²) in [5, 5.41) is 7.96. The molecular formula is C38H51NO5. The number of esters is 2. The molecule has 0 unspecified atom stereocenters. The number of benzene rings is 2. The molecule has 0 heterocycles. The smallest absolute Gasteiger partial charge is 0.330 e. The molecule has 2 aliphatic carbocycles. The van der Waals surface area contributed by atoms with Crippen molar-refractivity contribution in [2.75, 3.05) is 13.2 Å². The average Bonchev–Trinajstić information content (AvgIpc) is 3.07. The predicted octanol–water partition coefficient (Wildman–Crippen LogP) is 9.31. The summed E-state index contributed by atoms with van der Waals surface area (Å²) in [5.41, 5.74) is 3.27. The van der Waals surface area contributed by atoms with Gasteiger partial charge < -0.3 is 19.6 Å². The Morgan fingerprint density at radius 2 is 1.48 bits per heavy atom. The fourth-order valence-electron chi connectivity index (χ4n) is 6.89. The molecule has 2 aliphatic rings. The first-order valence-corrected chi connectivity index (χ1v) is 16.9. The van der Waals surface area contributed by atoms with Crippen LogP contribution in [0.15, 0.2) is 55.1 Å². The van der Waals surface area contributed by atoms with Crippen molar-refractivity contribution in [3.05, 3.63) is 71.8 Å². The van der Waals surface area contributed by atoms with Gasteiger partial charge in [0.15, 0.2) is 0 Å². The van der Waals surface area contributed by atoms with Crippen LogP contribution in [0.25, 0.3) is 0 Å². The van der Waals surface area contributed by atoms with Crippen LogP contribution in [0.4, 0.5) is 0 Å². The highest BCUT2D eigenvalue weighted by molar-refractivity contribution is 5.84. The van der Waals surface area contributed by atoms with Crippen molar-refractivity contribution in [3.63, 3.8) is 0 Å². The average molecular weight is 602 g/mol. The third-order valence-corrected chi connectivity index (χ3v) is 9.55. The molecule has 4 rings (SSSR count). The Morgan fingerprint density at radius 3 is 2.14 bits per heavy atom. The monoisotopic (exact) mass is 601 g/mol. The van der Waals surface area contributed by atoms with Crippen LogP contribution in [-0.4, -0.2) is 31.4 Å². The van der Waals surface area contributed by atoms with Gasteiger partial charge in [-0.3, -0.25) is 4.79 Å². The van der Waals surface area contributed by atoms with Gasteiger partial charge in [0, 0.05) is 17.9 Å². The first-order chi connectivity index (χ1) is 21.5. The van der Waals surface area contributed by atoms with Gasteiger partial charge in [0.05, 0.1) is 19.1 Å². The van der Waals surface area contributed by atoms with E-state index in [0.717, 1.165) is 63.0 Å². The maximum Gasteiger partial charge on any atom is 0.330 e. The number of carbonyl (C=O) groups is 2. The summed E-state index contributed by atoms with van der Waals surface area (Å²) in [5.74, 6) is 2.60. The van der Waals surface area contributed by atoms with Crippen LogP contribution in [0.1, 0.15) is 125 Å². The van der Waals surface area contributed by atoms with E-state index in [4.69, 9.17) is 19.6 Å². The lowest BCUT2D eigenvalue weighted by molar-refractivity contribution is -0.140. The van der Waals surface area contributed by atoms with Crippen molar-refractivity contribution >= 4 is 18.2 Å². The molecule has 0 radical (unpaired) electrons. The number of carbonyl (C=O) groups excluding carboxylic acids is 2. The highest BCUT2D eigenvalue weighted by Crippen LogP contribution is 2.40. The summed E-state index contributed by atoms with van der Waals surface area (Å²) < 4.78 is 16.8. The Kier molecular flexibility index (Phi) is 13.5. The maximum absolute atomic E-state index is 13.1. The second-order valence-corrected chi connectivity index (χ2v) is 12.6. The zero-order chi connectivity index (χ0) is 31.1. The molecule has 0 atom stereocenters. The second kappa shape index (κ2) is 17.8. The molecule has 0 bridgehead atoms. The Bertz CT molecular complexity index is 1210. The van der Waals surface area contributed by atoms with Crippen molar-refractivity contribution in [2.24, 2.45) is 11.8 Å². The second-order valence-electron chi connectivity index (χ2n) is 12.6. The van der Waals surface area contributed by atoms with E-state index < -0.39 is 0 Å². The van der Waals surface area contributed by atoms with E-state index in [1.165, 1.54) is 61.9 Å². The van der Waals surface area contributed by atoms with Crippen LogP contribution in [0, 0.1) is 17.2 Å². The molecule has 238 valence electrons. The largest absolute Gasteiger partial charge is 0.494 e. The van der Waals surface area contributed by atoms with Gasteiger partial charge in [-0.15, -0.1) is 0 Å². The molecule has 2 fully saturated rings. The zero-order valence-corrected chi connectivity index (χ0v) is 26.6. The van der Waals surface area contributed by atoms with E-state index in [-0.39, 0.29) is 17.9 Å². The molecule has 0 amide bonds. The van der Waals surface area contributed by atoms with Crippen molar-refractivity contribution in [2.45, 2.75) is 109 Å². The molecule has 6 heteroatoms. The first-order valence-electron chi connectivity index (χ1n) is 16.9. The van der Waals surface area contributed by atoms with Gasteiger partial charge in [0.25, 0.3) is 0 Å². The van der Waals surface area contributed by atoms with E-state index in [0.29, 0.717) is 36.4 Å². The molecule has 2 aromatic rings. The molecule has 44 heavy (non-hydrogen) atoms. The number of rotatable bonds is 16. The third-order valence-electron chi connectivity index (χ3n) is 9.55. The summed E-state index contributed by atoms with van der Waals surface area (Å²) in [6, 6.07) is 14.5. The van der Waals surface area contributed by atoms with Crippen LogP contribution in [0.3, 0.4) is 0 Å². The van der Waals surface area contributed by atoms with Crippen LogP contribution in [0.5, 0.6) is 11.5 Å². The number of hydrogen-bond donors (Lipinski definition) is 1. The minimum absolute atomic E-state index is 0.102. The van der Waals surface area contributed by atoms with E-state index in [1.54, 1.807) is 0 Å². The van der Waals surface area contributed by atoms with E-state index >= 15 is 0 Å². The van der Waals surface area contributed by atoms with Gasteiger partial charge in [-0.2, -0.15) is 0 Å². The lowest BCUT2D eigenvalue weighted by Gasteiger charge is -2.29. The van der Waals surface area contributed by atoms with Crippen molar-refractivity contribution < 1.29 is 23.8 Å². The fraction of sp³-hybridized carbons (Fsp3) is 0.553. The van der Waals surface area contributed by atoms with Crippen LogP contribution < -0.4 is 9.47 Å². The summed E-state index contributed by atoms with van der Waals surface area (Å²) in [6.45, 7) is 6.77. The normalized spacial score (nSPS) is 21.7. The lowest BCUT2D eigenvalue weighted by Crippen LogP contribution is -2.25. The van der Waals surface area contributed by atoms with Crippen LogP contribution >= 0.6 is 0 Å². The molecule has 6 nitrogen and oxygen atoms in total. The number of ether oxygens (including phenoxy) is 3. The number of unbranched alkanes of at least 4 members (excludes halogenated alkanes) is 3. The van der Waals surface area contributed by atoms with Gasteiger partial charge >= 0.3 is 11.9 Å². The minimum Gasteiger partial charge on any atom is -0.494 e. The van der Waals surface area contributed by atoms with E-state index in [9.17, 15) is 9.59 Å². The first kappa shape index (κ1) is 33.5. The van der Waals surface area contributed by atoms with Gasteiger partial charge in [-0.1, -0.05) is 44.5 Å². The number of hydrogen-bond acceptors (Lipinski definition) is 6. The summed E-state index contributed by atoms with van der Waals surface area (Å²) in [4.78, 5) is 24.1. The predicted molar refractivity (Wildman–Crippen MR) is 176 cm³/mol. The molecule has 2 aromatic carbocycles. The Hall–Kier alpha value is -3.41. The van der Waals surface area contributed by atoms with Gasteiger partial charge in [-0.25, -0.2) is 4.79 Å². The lowest BCUT2D eigenvalue weighted by atomic mass is 9.77. The Morgan fingerprint density at radius 1 is 0.841 bits per heavy atom. The topological polar surface area (TPSA) is 85.7 Å². The van der Waals surface area contributed by atoms with Crippen LogP contribution in [-0.2, 0) is 14.3 Å². The van der Waals surface area contributed by atoms with Gasteiger partial charge in [0.2, 0.25) is 0 Å². The van der Waals surface area contributed by atoms with Gasteiger partial charge in [-0.05, 0) is 130 Å². The van der Waals surface area contributed by atoms with Crippen LogP contribution in [0.2, 0.25) is 0 Å². The molecule has 0 aromatic heterocycles. The minimum atomic E-state index is -0.364. The summed E-state index contributed by atoms with van der Waals surface area (Å²) in [6.07, 6.45) is 17.5. The highest BCUT2D eigenvalue weighted by atomic mass is 16.5. The van der Waals surface area contributed by atoms with E-state index in [1.807, 2.05) is 18.2 Å². The molecule has 1 N–H and O–H groups in total. The molecular weight excluding hydrogens is 550 g/mol. The number of nitrogens with one attached hydrogen (secondary N) is 1. The third kappa shape index (κ3) is 10.1. The van der Waals surface area contributed by atoms with Crippen molar-refractivity contribution in [3.8, 4) is 11.5 Å². The standard InChI is InChI=1S/C38H51NO5/c1-3-9-28-10-12-31(13-11-28)33-20-23-36(34(26-33)27-39)44-38(41)32-16-14-29(15-17-32)30-18-21-35(22-19-30)42-24-7-5-6-8-25-43-37(40)4-2/h4,18-23,26-29,31-32,39H,2-3,5-17,24-25H2,1H3.